The normalized spacial score (nSPS) is 15.5. The highest BCUT2D eigenvalue weighted by Crippen LogP contribution is 2.39. The van der Waals surface area contributed by atoms with E-state index in [1.807, 2.05) is 0 Å². The third-order valence-electron chi connectivity index (χ3n) is 2.41. The van der Waals surface area contributed by atoms with Gasteiger partial charge in [-0.2, -0.15) is 18.2 Å². The van der Waals surface area contributed by atoms with Gasteiger partial charge in [0.05, 0.1) is 24.8 Å². The molecule has 1 heterocycles. The molecule has 0 N–H and O–H groups in total. The van der Waals surface area contributed by atoms with E-state index in [1.165, 1.54) is 19.2 Å². The lowest BCUT2D eigenvalue weighted by Crippen LogP contribution is -2.24. The summed E-state index contributed by atoms with van der Waals surface area (Å²) < 4.78 is 37.9. The molecule has 0 aliphatic carbocycles. The zero-order valence-electron chi connectivity index (χ0n) is 8.34. The van der Waals surface area contributed by atoms with Crippen molar-refractivity contribution < 1.29 is 22.8 Å². The highest BCUT2D eigenvalue weighted by molar-refractivity contribution is 6.00. The van der Waals surface area contributed by atoms with Crippen LogP contribution in [0, 0.1) is 0 Å². The monoisotopic (exact) mass is 231 g/mol. The minimum absolute atomic E-state index is 0.0261. The SMILES string of the molecule is CON1C(=O)Cc2c1cccc2C(F)(F)F. The van der Waals surface area contributed by atoms with Crippen molar-refractivity contribution in [2.45, 2.75) is 12.6 Å². The molecule has 1 aromatic carbocycles. The van der Waals surface area contributed by atoms with Gasteiger partial charge in [0.15, 0.2) is 0 Å². The van der Waals surface area contributed by atoms with Gasteiger partial charge in [0.1, 0.15) is 0 Å². The van der Waals surface area contributed by atoms with Gasteiger partial charge in [0, 0.05) is 0 Å². The molecule has 1 aliphatic rings. The van der Waals surface area contributed by atoms with Crippen molar-refractivity contribution in [3.63, 3.8) is 0 Å². The van der Waals surface area contributed by atoms with Crippen LogP contribution in [0.3, 0.4) is 0 Å². The standard InChI is InChI=1S/C10H8F3NO2/c1-16-14-8-4-2-3-7(10(11,12)13)6(8)5-9(14)15/h2-4H,5H2,1H3. The van der Waals surface area contributed by atoms with Crippen molar-refractivity contribution in [3.05, 3.63) is 29.3 Å². The van der Waals surface area contributed by atoms with Crippen molar-refractivity contribution in [3.8, 4) is 0 Å². The molecule has 0 unspecified atom stereocenters. The van der Waals surface area contributed by atoms with Crippen LogP contribution in [-0.4, -0.2) is 13.0 Å². The van der Waals surface area contributed by atoms with E-state index in [0.717, 1.165) is 11.1 Å². The Morgan fingerprint density at radius 3 is 2.62 bits per heavy atom. The molecular formula is C10H8F3NO2. The lowest BCUT2D eigenvalue weighted by atomic mass is 10.0. The van der Waals surface area contributed by atoms with Crippen LogP contribution in [0.4, 0.5) is 18.9 Å². The predicted octanol–water partition coefficient (Wildman–Crippen LogP) is 2.16. The molecule has 1 amide bonds. The first-order valence-electron chi connectivity index (χ1n) is 4.51. The number of halogens is 3. The molecule has 0 fully saturated rings. The minimum atomic E-state index is -4.45. The fraction of sp³-hybridized carbons (Fsp3) is 0.300. The van der Waals surface area contributed by atoms with Gasteiger partial charge in [-0.3, -0.25) is 9.63 Å². The molecule has 0 saturated heterocycles. The summed E-state index contributed by atoms with van der Waals surface area (Å²) in [5.41, 5.74) is -0.637. The van der Waals surface area contributed by atoms with Crippen molar-refractivity contribution in [1.29, 1.82) is 0 Å². The van der Waals surface area contributed by atoms with Crippen molar-refractivity contribution in [1.82, 2.24) is 0 Å². The molecule has 1 aliphatic heterocycles. The van der Waals surface area contributed by atoms with E-state index in [1.54, 1.807) is 0 Å². The van der Waals surface area contributed by atoms with Crippen LogP contribution in [0.1, 0.15) is 11.1 Å². The summed E-state index contributed by atoms with van der Waals surface area (Å²) in [5.74, 6) is -0.491. The van der Waals surface area contributed by atoms with Crippen LogP contribution in [0.25, 0.3) is 0 Å². The third-order valence-corrected chi connectivity index (χ3v) is 2.41. The summed E-state index contributed by atoms with van der Waals surface area (Å²) in [7, 11) is 1.24. The van der Waals surface area contributed by atoms with Crippen LogP contribution in [0.15, 0.2) is 18.2 Å². The van der Waals surface area contributed by atoms with E-state index >= 15 is 0 Å². The number of nitrogens with zero attached hydrogens (tertiary/aromatic N) is 1. The van der Waals surface area contributed by atoms with E-state index in [9.17, 15) is 18.0 Å². The Balaban J connectivity index is 2.56. The van der Waals surface area contributed by atoms with E-state index in [0.29, 0.717) is 0 Å². The van der Waals surface area contributed by atoms with E-state index in [-0.39, 0.29) is 17.7 Å². The summed E-state index contributed by atoms with van der Waals surface area (Å²) >= 11 is 0. The van der Waals surface area contributed by atoms with Gasteiger partial charge in [0.25, 0.3) is 5.91 Å². The number of carbonyl (C=O) groups is 1. The van der Waals surface area contributed by atoms with Crippen LogP contribution in [-0.2, 0) is 22.2 Å². The highest BCUT2D eigenvalue weighted by Gasteiger charge is 2.39. The maximum absolute atomic E-state index is 12.6. The number of anilines is 1. The number of benzene rings is 1. The van der Waals surface area contributed by atoms with E-state index in [4.69, 9.17) is 4.84 Å². The van der Waals surface area contributed by atoms with Crippen molar-refractivity contribution in [2.24, 2.45) is 0 Å². The Kier molecular flexibility index (Phi) is 2.38. The molecule has 6 heteroatoms. The highest BCUT2D eigenvalue weighted by atomic mass is 19.4. The fourth-order valence-electron chi connectivity index (χ4n) is 1.77. The number of alkyl halides is 3. The number of amides is 1. The number of hydrogen-bond acceptors (Lipinski definition) is 2. The lowest BCUT2D eigenvalue weighted by Gasteiger charge is -2.15. The molecule has 0 atom stereocenters. The summed E-state index contributed by atoms with van der Waals surface area (Å²) in [4.78, 5) is 16.1. The number of fused-ring (bicyclic) bond motifs is 1. The second-order valence-corrected chi connectivity index (χ2v) is 3.35. The molecule has 0 saturated carbocycles. The van der Waals surface area contributed by atoms with Gasteiger partial charge in [-0.15, -0.1) is 0 Å². The van der Waals surface area contributed by atoms with Gasteiger partial charge in [0.2, 0.25) is 0 Å². The summed E-state index contributed by atoms with van der Waals surface area (Å²) in [6.07, 6.45) is -4.73. The lowest BCUT2D eigenvalue weighted by molar-refractivity contribution is -0.138. The zero-order chi connectivity index (χ0) is 11.9. The third kappa shape index (κ3) is 1.55. The average Bonchev–Trinajstić information content (AvgIpc) is 2.50. The van der Waals surface area contributed by atoms with Crippen molar-refractivity contribution in [2.75, 3.05) is 12.2 Å². The Morgan fingerprint density at radius 1 is 1.38 bits per heavy atom. The second-order valence-electron chi connectivity index (χ2n) is 3.35. The first kappa shape index (κ1) is 10.9. The Hall–Kier alpha value is -1.56. The minimum Gasteiger partial charge on any atom is -0.272 e. The van der Waals surface area contributed by atoms with Crippen LogP contribution in [0.2, 0.25) is 0 Å². The van der Waals surface area contributed by atoms with E-state index < -0.39 is 17.6 Å². The van der Waals surface area contributed by atoms with Gasteiger partial charge in [-0.25, -0.2) is 0 Å². The van der Waals surface area contributed by atoms with E-state index in [2.05, 4.69) is 0 Å². The molecule has 2 rings (SSSR count). The largest absolute Gasteiger partial charge is 0.416 e. The Bertz CT molecular complexity index is 442. The molecule has 0 spiro atoms. The van der Waals surface area contributed by atoms with Crippen LogP contribution < -0.4 is 5.06 Å². The predicted molar refractivity (Wildman–Crippen MR) is 49.6 cm³/mol. The Morgan fingerprint density at radius 2 is 2.06 bits per heavy atom. The zero-order valence-corrected chi connectivity index (χ0v) is 8.34. The molecule has 0 radical (unpaired) electrons. The number of rotatable bonds is 1. The van der Waals surface area contributed by atoms with Gasteiger partial charge in [-0.05, 0) is 17.7 Å². The smallest absolute Gasteiger partial charge is 0.272 e. The first-order valence-corrected chi connectivity index (χ1v) is 4.51. The molecule has 3 nitrogen and oxygen atoms in total. The summed E-state index contributed by atoms with van der Waals surface area (Å²) in [6, 6.07) is 3.65. The summed E-state index contributed by atoms with van der Waals surface area (Å²) in [6.45, 7) is 0. The van der Waals surface area contributed by atoms with Gasteiger partial charge >= 0.3 is 6.18 Å². The number of hydrogen-bond donors (Lipinski definition) is 0. The number of carbonyl (C=O) groups excluding carboxylic acids is 1. The molecule has 0 aromatic heterocycles. The van der Waals surface area contributed by atoms with Crippen molar-refractivity contribution >= 4 is 11.6 Å². The first-order chi connectivity index (χ1) is 7.45. The number of hydroxylamine groups is 1. The molecule has 16 heavy (non-hydrogen) atoms. The van der Waals surface area contributed by atoms with Gasteiger partial charge in [-0.1, -0.05) is 6.07 Å². The van der Waals surface area contributed by atoms with Gasteiger partial charge < -0.3 is 0 Å². The maximum atomic E-state index is 12.6. The fourth-order valence-corrected chi connectivity index (χ4v) is 1.77. The van der Waals surface area contributed by atoms with Crippen LogP contribution in [0.5, 0.6) is 0 Å². The Labute approximate surface area is 89.4 Å². The average molecular weight is 231 g/mol. The maximum Gasteiger partial charge on any atom is 0.416 e. The molecule has 0 bridgehead atoms. The molecule has 86 valence electrons. The molecule has 1 aromatic rings. The quantitative estimate of drug-likeness (QED) is 0.741. The second kappa shape index (κ2) is 3.48. The summed E-state index contributed by atoms with van der Waals surface area (Å²) in [5, 5.41) is 0.880. The molecular weight excluding hydrogens is 223 g/mol. The van der Waals surface area contributed by atoms with Crippen LogP contribution >= 0.6 is 0 Å². The topological polar surface area (TPSA) is 29.5 Å².